The number of fused-ring (bicyclic) bond motifs is 1. The molecule has 6 nitrogen and oxygen atoms in total. The highest BCUT2D eigenvalue weighted by atomic mass is 16.4. The fourth-order valence-corrected chi connectivity index (χ4v) is 4.41. The minimum Gasteiger partial charge on any atom is -0.507 e. The molecule has 6 heteroatoms. The van der Waals surface area contributed by atoms with Crippen LogP contribution in [0, 0.1) is 5.92 Å². The Bertz CT molecular complexity index is 738. The van der Waals surface area contributed by atoms with E-state index in [1.807, 2.05) is 6.07 Å². The monoisotopic (exact) mass is 372 g/mol. The molecule has 0 atom stereocenters. The first-order chi connectivity index (χ1) is 13.0. The number of aliphatic carboxylic acids is 1. The summed E-state index contributed by atoms with van der Waals surface area (Å²) in [6, 6.07) is 3.98. The third-order valence-corrected chi connectivity index (χ3v) is 6.24. The number of carboxylic acid groups (broad SMARTS) is 1. The zero-order valence-corrected chi connectivity index (χ0v) is 15.6. The maximum absolute atomic E-state index is 12.6. The minimum atomic E-state index is -0.790. The van der Waals surface area contributed by atoms with E-state index in [0.717, 1.165) is 56.2 Å². The highest BCUT2D eigenvalue weighted by molar-refractivity contribution is 5.97. The van der Waals surface area contributed by atoms with Crippen molar-refractivity contribution in [3.05, 3.63) is 28.8 Å². The predicted octanol–water partition coefficient (Wildman–Crippen LogP) is 2.33. The van der Waals surface area contributed by atoms with Crippen molar-refractivity contribution in [1.29, 1.82) is 0 Å². The molecule has 3 aliphatic carbocycles. The Hall–Kier alpha value is -2.08. The van der Waals surface area contributed by atoms with Crippen molar-refractivity contribution in [3.63, 3.8) is 0 Å². The molecule has 3 N–H and O–H groups in total. The van der Waals surface area contributed by atoms with Gasteiger partial charge in [0.2, 0.25) is 0 Å². The van der Waals surface area contributed by atoms with Gasteiger partial charge in [0.25, 0.3) is 5.91 Å². The summed E-state index contributed by atoms with van der Waals surface area (Å²) in [7, 11) is 0. The first kappa shape index (κ1) is 18.3. The summed E-state index contributed by atoms with van der Waals surface area (Å²) in [4.78, 5) is 25.8. The van der Waals surface area contributed by atoms with Crippen LogP contribution >= 0.6 is 0 Å². The van der Waals surface area contributed by atoms with E-state index < -0.39 is 5.97 Å². The lowest BCUT2D eigenvalue weighted by Gasteiger charge is -2.42. The lowest BCUT2D eigenvalue weighted by Crippen LogP contribution is -2.55. The second-order valence-electron chi connectivity index (χ2n) is 8.37. The van der Waals surface area contributed by atoms with Crippen LogP contribution in [-0.2, 0) is 17.6 Å². The van der Waals surface area contributed by atoms with Gasteiger partial charge in [-0.3, -0.25) is 14.5 Å². The zero-order valence-electron chi connectivity index (χ0n) is 15.6. The Morgan fingerprint density at radius 3 is 2.59 bits per heavy atom. The molecule has 0 spiro atoms. The smallest absolute Gasteiger partial charge is 0.317 e. The predicted molar refractivity (Wildman–Crippen MR) is 101 cm³/mol. The molecule has 0 saturated heterocycles. The third kappa shape index (κ3) is 4.10. The Labute approximate surface area is 159 Å². The normalized spacial score (nSPS) is 24.2. The fourth-order valence-electron chi connectivity index (χ4n) is 4.41. The van der Waals surface area contributed by atoms with Gasteiger partial charge in [-0.2, -0.15) is 0 Å². The lowest BCUT2D eigenvalue weighted by molar-refractivity contribution is -0.139. The zero-order chi connectivity index (χ0) is 19.0. The number of aryl methyl sites for hydroxylation is 1. The standard InChI is InChI=1S/C21H28N2O4/c24-19(25)12-23(11-13-5-6-13)16-9-15(10-16)22-21(27)18-8-7-14-3-1-2-4-17(14)20(18)26/h7-8,13,15-16,26H,1-6,9-12H2,(H,22,27)(H,24,25). The molecule has 1 amide bonds. The van der Waals surface area contributed by atoms with Crippen molar-refractivity contribution >= 4 is 11.9 Å². The van der Waals surface area contributed by atoms with Crippen LogP contribution in [0.15, 0.2) is 12.1 Å². The van der Waals surface area contributed by atoms with Crippen LogP contribution in [-0.4, -0.2) is 52.2 Å². The number of phenolic OH excluding ortho intramolecular Hbond substituents is 1. The highest BCUT2D eigenvalue weighted by Gasteiger charge is 2.38. The summed E-state index contributed by atoms with van der Waals surface area (Å²) in [5.41, 5.74) is 2.44. The van der Waals surface area contributed by atoms with Gasteiger partial charge in [-0.25, -0.2) is 0 Å². The van der Waals surface area contributed by atoms with Crippen molar-refractivity contribution in [2.24, 2.45) is 5.92 Å². The number of hydrogen-bond donors (Lipinski definition) is 3. The molecular formula is C21H28N2O4. The van der Waals surface area contributed by atoms with Gasteiger partial charge in [0.1, 0.15) is 5.75 Å². The molecule has 0 unspecified atom stereocenters. The van der Waals surface area contributed by atoms with E-state index in [9.17, 15) is 14.7 Å². The molecule has 0 aliphatic heterocycles. The topological polar surface area (TPSA) is 89.9 Å². The van der Waals surface area contributed by atoms with Crippen LogP contribution in [0.25, 0.3) is 0 Å². The minimum absolute atomic E-state index is 0.0495. The number of nitrogens with one attached hydrogen (secondary N) is 1. The number of carboxylic acids is 1. The molecule has 1 aromatic carbocycles. The Morgan fingerprint density at radius 2 is 1.89 bits per heavy atom. The van der Waals surface area contributed by atoms with Crippen molar-refractivity contribution in [2.75, 3.05) is 13.1 Å². The van der Waals surface area contributed by atoms with E-state index in [0.29, 0.717) is 11.5 Å². The molecule has 2 fully saturated rings. The van der Waals surface area contributed by atoms with E-state index in [2.05, 4.69) is 10.2 Å². The number of benzene rings is 1. The van der Waals surface area contributed by atoms with Crippen LogP contribution in [0.3, 0.4) is 0 Å². The quantitative estimate of drug-likeness (QED) is 0.683. The van der Waals surface area contributed by atoms with Crippen molar-refractivity contribution in [3.8, 4) is 5.75 Å². The molecule has 2 saturated carbocycles. The third-order valence-electron chi connectivity index (χ3n) is 6.24. The van der Waals surface area contributed by atoms with Gasteiger partial charge in [0.05, 0.1) is 12.1 Å². The number of phenols is 1. The lowest BCUT2D eigenvalue weighted by atomic mass is 9.84. The number of amides is 1. The maximum Gasteiger partial charge on any atom is 0.317 e. The molecular weight excluding hydrogens is 344 g/mol. The highest BCUT2D eigenvalue weighted by Crippen LogP contribution is 2.35. The van der Waals surface area contributed by atoms with Gasteiger partial charge in [0.15, 0.2) is 0 Å². The molecule has 0 heterocycles. The van der Waals surface area contributed by atoms with Gasteiger partial charge in [-0.1, -0.05) is 6.07 Å². The van der Waals surface area contributed by atoms with Crippen LogP contribution < -0.4 is 5.32 Å². The fraction of sp³-hybridized carbons (Fsp3) is 0.619. The number of carbonyl (C=O) groups excluding carboxylic acids is 1. The summed E-state index contributed by atoms with van der Waals surface area (Å²) in [6.07, 6.45) is 7.93. The molecule has 4 rings (SSSR count). The average molecular weight is 372 g/mol. The Kier molecular flexibility index (Phi) is 5.08. The molecule has 1 aromatic rings. The molecule has 0 bridgehead atoms. The SMILES string of the molecule is O=C(O)CN(CC1CC1)C1CC(NC(=O)c2ccc3c(c2O)CCCC3)C1. The van der Waals surface area contributed by atoms with E-state index >= 15 is 0 Å². The summed E-state index contributed by atoms with van der Waals surface area (Å²) in [5.74, 6) is -0.231. The van der Waals surface area contributed by atoms with E-state index in [1.165, 1.54) is 12.8 Å². The molecule has 0 aromatic heterocycles. The number of carbonyl (C=O) groups is 2. The van der Waals surface area contributed by atoms with Gasteiger partial charge in [-0.05, 0) is 74.5 Å². The van der Waals surface area contributed by atoms with E-state index in [-0.39, 0.29) is 30.3 Å². The van der Waals surface area contributed by atoms with Gasteiger partial charge >= 0.3 is 5.97 Å². The first-order valence-corrected chi connectivity index (χ1v) is 10.1. The summed E-state index contributed by atoms with van der Waals surface area (Å²) >= 11 is 0. The number of hydrogen-bond acceptors (Lipinski definition) is 4. The average Bonchev–Trinajstić information content (AvgIpc) is 3.41. The van der Waals surface area contributed by atoms with Crippen LogP contribution in [0.2, 0.25) is 0 Å². The summed E-state index contributed by atoms with van der Waals surface area (Å²) in [6.45, 7) is 0.927. The number of rotatable bonds is 7. The van der Waals surface area contributed by atoms with Gasteiger partial charge in [-0.15, -0.1) is 0 Å². The molecule has 0 radical (unpaired) electrons. The Morgan fingerprint density at radius 1 is 1.15 bits per heavy atom. The maximum atomic E-state index is 12.6. The van der Waals surface area contributed by atoms with E-state index in [1.54, 1.807) is 6.07 Å². The molecule has 146 valence electrons. The summed E-state index contributed by atoms with van der Waals surface area (Å²) < 4.78 is 0. The number of nitrogens with zero attached hydrogens (tertiary/aromatic N) is 1. The first-order valence-electron chi connectivity index (χ1n) is 10.1. The second kappa shape index (κ2) is 7.50. The molecule has 27 heavy (non-hydrogen) atoms. The Balaban J connectivity index is 1.34. The van der Waals surface area contributed by atoms with Gasteiger partial charge in [0, 0.05) is 18.6 Å². The van der Waals surface area contributed by atoms with E-state index in [4.69, 9.17) is 5.11 Å². The number of aromatic hydroxyl groups is 1. The summed E-state index contributed by atoms with van der Waals surface area (Å²) in [5, 5.41) is 22.7. The van der Waals surface area contributed by atoms with Crippen LogP contribution in [0.5, 0.6) is 5.75 Å². The van der Waals surface area contributed by atoms with Crippen LogP contribution in [0.4, 0.5) is 0 Å². The van der Waals surface area contributed by atoms with Gasteiger partial charge < -0.3 is 15.5 Å². The molecule has 3 aliphatic rings. The van der Waals surface area contributed by atoms with Crippen molar-refractivity contribution in [2.45, 2.75) is 63.5 Å². The largest absolute Gasteiger partial charge is 0.507 e. The van der Waals surface area contributed by atoms with Crippen molar-refractivity contribution in [1.82, 2.24) is 10.2 Å². The van der Waals surface area contributed by atoms with Crippen molar-refractivity contribution < 1.29 is 19.8 Å². The second-order valence-corrected chi connectivity index (χ2v) is 8.37. The van der Waals surface area contributed by atoms with Crippen LogP contribution in [0.1, 0.15) is 60.0 Å².